The number of alkyl halides is 3. The van der Waals surface area contributed by atoms with Crippen molar-refractivity contribution in [3.63, 3.8) is 0 Å². The van der Waals surface area contributed by atoms with Gasteiger partial charge in [-0.15, -0.1) is 0 Å². The molecule has 13 heteroatoms. The predicted molar refractivity (Wildman–Crippen MR) is 170 cm³/mol. The number of aryl methyl sites for hydroxylation is 2. The summed E-state index contributed by atoms with van der Waals surface area (Å²) in [5, 5.41) is 7.93. The number of halogens is 3. The maximum absolute atomic E-state index is 12.9. The smallest absolute Gasteiger partial charge is 0.422 e. The van der Waals surface area contributed by atoms with E-state index in [0.717, 1.165) is 42.5 Å². The zero-order valence-corrected chi connectivity index (χ0v) is 27.8. The molecule has 0 atom stereocenters. The summed E-state index contributed by atoms with van der Waals surface area (Å²) in [6, 6.07) is 8.93. The summed E-state index contributed by atoms with van der Waals surface area (Å²) >= 11 is 0. The molecule has 9 nitrogen and oxygen atoms in total. The Labute approximate surface area is 262 Å². The number of hydrogen-bond acceptors (Lipinski definition) is 8. The molecule has 0 amide bonds. The second-order valence-electron chi connectivity index (χ2n) is 13.2. The first-order valence-corrected chi connectivity index (χ1v) is 18.1. The topological polar surface area (TPSA) is 95.7 Å². The Kier molecular flexibility index (Phi) is 9.14. The van der Waals surface area contributed by atoms with E-state index in [0.29, 0.717) is 28.8 Å². The Hall–Kier alpha value is -3.71. The second-order valence-corrected chi connectivity index (χ2v) is 18.0. The molecular formula is C32H41F3N6O3Si. The van der Waals surface area contributed by atoms with E-state index in [2.05, 4.69) is 59.2 Å². The van der Waals surface area contributed by atoms with Crippen LogP contribution in [0.1, 0.15) is 58.0 Å². The molecule has 0 unspecified atom stereocenters. The fourth-order valence-electron chi connectivity index (χ4n) is 5.15. The number of nitrogens with zero attached hydrogens (tertiary/aromatic N) is 5. The van der Waals surface area contributed by atoms with E-state index < -0.39 is 21.1 Å². The van der Waals surface area contributed by atoms with Crippen LogP contribution in [0.4, 0.5) is 24.8 Å². The van der Waals surface area contributed by atoms with E-state index in [1.165, 1.54) is 12.3 Å². The highest BCUT2D eigenvalue weighted by molar-refractivity contribution is 6.74. The Balaban J connectivity index is 1.37. The molecule has 4 heterocycles. The third kappa shape index (κ3) is 8.31. The van der Waals surface area contributed by atoms with E-state index in [9.17, 15) is 13.2 Å². The Morgan fingerprint density at radius 1 is 0.956 bits per heavy atom. The van der Waals surface area contributed by atoms with Crippen molar-refractivity contribution >= 4 is 25.5 Å². The average Bonchev–Trinajstić information content (AvgIpc) is 3.33. The number of hydrogen-bond donors (Lipinski definition) is 1. The normalized spacial score (nSPS) is 17.8. The van der Waals surface area contributed by atoms with Gasteiger partial charge in [0.2, 0.25) is 5.88 Å². The van der Waals surface area contributed by atoms with Gasteiger partial charge in [0.25, 0.3) is 0 Å². The Morgan fingerprint density at radius 3 is 2.33 bits per heavy atom. The molecule has 0 spiro atoms. The predicted octanol–water partition coefficient (Wildman–Crippen LogP) is 8.20. The van der Waals surface area contributed by atoms with Gasteiger partial charge in [0.05, 0.1) is 17.8 Å². The molecular weight excluding hydrogens is 601 g/mol. The van der Waals surface area contributed by atoms with Crippen molar-refractivity contribution < 1.29 is 27.1 Å². The van der Waals surface area contributed by atoms with Gasteiger partial charge in [0.15, 0.2) is 20.7 Å². The van der Waals surface area contributed by atoms with Crippen LogP contribution in [0.5, 0.6) is 11.6 Å². The van der Waals surface area contributed by atoms with Crippen molar-refractivity contribution in [1.29, 1.82) is 0 Å². The van der Waals surface area contributed by atoms with E-state index >= 15 is 0 Å². The first-order valence-electron chi connectivity index (χ1n) is 15.2. The summed E-state index contributed by atoms with van der Waals surface area (Å²) in [4.78, 5) is 12.9. The fourth-order valence-corrected chi connectivity index (χ4v) is 6.58. The van der Waals surface area contributed by atoms with E-state index in [1.807, 2.05) is 38.1 Å². The number of ether oxygens (including phenoxy) is 2. The maximum atomic E-state index is 12.9. The number of pyridine rings is 2. The van der Waals surface area contributed by atoms with Crippen molar-refractivity contribution in [2.75, 3.05) is 11.9 Å². The molecule has 4 aromatic rings. The van der Waals surface area contributed by atoms with Crippen LogP contribution < -0.4 is 14.8 Å². The first-order chi connectivity index (χ1) is 21.0. The van der Waals surface area contributed by atoms with Crippen molar-refractivity contribution in [2.24, 2.45) is 0 Å². The Bertz CT molecular complexity index is 1630. The van der Waals surface area contributed by atoms with Gasteiger partial charge in [-0.3, -0.25) is 0 Å². The quantitative estimate of drug-likeness (QED) is 0.183. The number of nitrogens with one attached hydrogen (secondary N) is 1. The lowest BCUT2D eigenvalue weighted by Gasteiger charge is -2.41. The lowest BCUT2D eigenvalue weighted by Crippen LogP contribution is -2.45. The van der Waals surface area contributed by atoms with Gasteiger partial charge in [0, 0.05) is 41.8 Å². The molecule has 242 valence electrons. The van der Waals surface area contributed by atoms with Gasteiger partial charge in [-0.2, -0.15) is 18.3 Å². The molecule has 45 heavy (non-hydrogen) atoms. The largest absolute Gasteiger partial charge is 0.488 e. The van der Waals surface area contributed by atoms with Gasteiger partial charge >= 0.3 is 6.18 Å². The van der Waals surface area contributed by atoms with Crippen molar-refractivity contribution in [3.8, 4) is 22.8 Å². The lowest BCUT2D eigenvalue weighted by molar-refractivity contribution is -0.154. The highest BCUT2D eigenvalue weighted by Gasteiger charge is 2.40. The zero-order valence-electron chi connectivity index (χ0n) is 26.8. The molecule has 1 aliphatic carbocycles. The van der Waals surface area contributed by atoms with Gasteiger partial charge < -0.3 is 19.2 Å². The molecule has 0 bridgehead atoms. The van der Waals surface area contributed by atoms with E-state index in [1.54, 1.807) is 10.7 Å². The van der Waals surface area contributed by atoms with Crippen LogP contribution in [0, 0.1) is 13.8 Å². The molecule has 1 aliphatic rings. The van der Waals surface area contributed by atoms with Crippen molar-refractivity contribution in [3.05, 3.63) is 54.2 Å². The van der Waals surface area contributed by atoms with Crippen LogP contribution in [-0.4, -0.2) is 57.9 Å². The zero-order chi connectivity index (χ0) is 32.6. The molecule has 0 saturated heterocycles. The average molecular weight is 643 g/mol. The molecule has 1 saturated carbocycles. The second kappa shape index (κ2) is 12.6. The molecule has 0 aromatic carbocycles. The molecule has 1 fully saturated rings. The molecule has 1 N–H and O–H groups in total. The molecule has 0 radical (unpaired) electrons. The van der Waals surface area contributed by atoms with Gasteiger partial charge in [-0.25, -0.2) is 19.5 Å². The third-order valence-corrected chi connectivity index (χ3v) is 12.9. The number of aromatic nitrogens is 5. The summed E-state index contributed by atoms with van der Waals surface area (Å²) in [6.45, 7) is 13.5. The fraction of sp³-hybridized carbons (Fsp3) is 0.500. The monoisotopic (exact) mass is 642 g/mol. The summed E-state index contributed by atoms with van der Waals surface area (Å²) in [5.41, 5.74) is 2.91. The summed E-state index contributed by atoms with van der Waals surface area (Å²) in [7, 11) is -1.88. The van der Waals surface area contributed by atoms with Crippen molar-refractivity contribution in [2.45, 2.75) is 96.8 Å². The lowest BCUT2D eigenvalue weighted by atomic mass is 9.95. The minimum atomic E-state index is -4.48. The van der Waals surface area contributed by atoms with Crippen LogP contribution in [0.3, 0.4) is 0 Å². The molecule has 4 aromatic heterocycles. The number of rotatable bonds is 9. The van der Waals surface area contributed by atoms with Gasteiger partial charge in [-0.05, 0) is 75.4 Å². The standard InChI is InChI=1S/C32H41F3N6O3Si/c1-20-14-28(38-21(2)37-20)39-29-16-23-15-22(12-13-41(23)40-29)26-17-30(42-19-32(33,34)35)36-18-27(26)43-24-8-10-25(11-9-24)44-45(6,7)31(3,4)5/h12-18,24-25H,8-11,19H2,1-7H3,(H,37,38,39,40). The van der Waals surface area contributed by atoms with Gasteiger partial charge in [-0.1, -0.05) is 20.8 Å². The van der Waals surface area contributed by atoms with Gasteiger partial charge in [0.1, 0.15) is 17.4 Å². The SMILES string of the molecule is Cc1cc(Nc2cc3cc(-c4cc(OCC(F)(F)F)ncc4OC4CCC(O[Si](C)(C)C(C)(C)C)CC4)ccn3n2)nc(C)n1. The van der Waals surface area contributed by atoms with Crippen LogP contribution >= 0.6 is 0 Å². The number of fused-ring (bicyclic) bond motifs is 1. The maximum Gasteiger partial charge on any atom is 0.422 e. The van der Waals surface area contributed by atoms with E-state index in [-0.39, 0.29) is 23.1 Å². The van der Waals surface area contributed by atoms with Crippen LogP contribution in [0.15, 0.2) is 42.7 Å². The minimum absolute atomic E-state index is 0.0685. The highest BCUT2D eigenvalue weighted by Crippen LogP contribution is 2.40. The summed E-state index contributed by atoms with van der Waals surface area (Å²) < 4.78 is 58.6. The minimum Gasteiger partial charge on any atom is -0.488 e. The van der Waals surface area contributed by atoms with Crippen LogP contribution in [0.2, 0.25) is 18.1 Å². The third-order valence-electron chi connectivity index (χ3n) is 8.40. The highest BCUT2D eigenvalue weighted by atomic mass is 28.4. The van der Waals surface area contributed by atoms with E-state index in [4.69, 9.17) is 13.9 Å². The van der Waals surface area contributed by atoms with Crippen molar-refractivity contribution in [1.82, 2.24) is 24.6 Å². The number of anilines is 2. The molecule has 5 rings (SSSR count). The molecule has 0 aliphatic heterocycles. The van der Waals surface area contributed by atoms with Crippen LogP contribution in [0.25, 0.3) is 16.6 Å². The first kappa shape index (κ1) is 32.7. The summed E-state index contributed by atoms with van der Waals surface area (Å²) in [5.74, 6) is 2.21. The Morgan fingerprint density at radius 2 is 1.67 bits per heavy atom. The van der Waals surface area contributed by atoms with Crippen LogP contribution in [-0.2, 0) is 4.43 Å². The summed E-state index contributed by atoms with van der Waals surface area (Å²) in [6.07, 6.45) is 2.27.